The average molecular weight is 396 g/mol. The van der Waals surface area contributed by atoms with Crippen LogP contribution in [-0.4, -0.2) is 55.5 Å². The third-order valence-corrected chi connectivity index (χ3v) is 7.25. The molecule has 0 unspecified atom stereocenters. The first-order valence-electron chi connectivity index (χ1n) is 7.95. The van der Waals surface area contributed by atoms with Gasteiger partial charge in [0.15, 0.2) is 5.78 Å². The highest BCUT2D eigenvalue weighted by molar-refractivity contribution is 7.89. The second-order valence-electron chi connectivity index (χ2n) is 5.85. The third kappa shape index (κ3) is 3.55. The van der Waals surface area contributed by atoms with Gasteiger partial charge in [0.2, 0.25) is 10.0 Å². The number of amides is 1. The second-order valence-corrected chi connectivity index (χ2v) is 8.84. The van der Waals surface area contributed by atoms with E-state index in [1.807, 2.05) is 0 Å². The van der Waals surface area contributed by atoms with Gasteiger partial charge in [0.05, 0.1) is 9.75 Å². The first-order valence-corrected chi connectivity index (χ1v) is 10.2. The molecule has 2 aromatic rings. The lowest BCUT2D eigenvalue weighted by atomic mass is 10.3. The van der Waals surface area contributed by atoms with Crippen LogP contribution >= 0.6 is 11.3 Å². The summed E-state index contributed by atoms with van der Waals surface area (Å²) >= 11 is 1.13. The zero-order chi connectivity index (χ0) is 18.9. The summed E-state index contributed by atoms with van der Waals surface area (Å²) in [4.78, 5) is 26.0. The number of piperazine rings is 1. The van der Waals surface area contributed by atoms with Crippen molar-refractivity contribution in [1.29, 1.82) is 0 Å². The molecule has 0 saturated carbocycles. The Morgan fingerprint density at radius 1 is 1.00 bits per heavy atom. The monoisotopic (exact) mass is 396 g/mol. The summed E-state index contributed by atoms with van der Waals surface area (Å²) in [5.41, 5.74) is 0. The largest absolute Gasteiger partial charge is 0.335 e. The van der Waals surface area contributed by atoms with Crippen LogP contribution in [0.4, 0.5) is 4.39 Å². The minimum absolute atomic E-state index is 0.0906. The SMILES string of the molecule is CC(=O)c1ccc(C(=O)N2CCN(S(=O)(=O)c3ccccc3F)CC2)s1. The van der Waals surface area contributed by atoms with Crippen molar-refractivity contribution >= 4 is 33.1 Å². The van der Waals surface area contributed by atoms with Crippen molar-refractivity contribution in [1.82, 2.24) is 9.21 Å². The minimum Gasteiger partial charge on any atom is -0.335 e. The highest BCUT2D eigenvalue weighted by atomic mass is 32.2. The van der Waals surface area contributed by atoms with Gasteiger partial charge < -0.3 is 4.90 Å². The molecule has 0 atom stereocenters. The molecule has 9 heteroatoms. The summed E-state index contributed by atoms with van der Waals surface area (Å²) < 4.78 is 40.2. The molecule has 1 aromatic heterocycles. The van der Waals surface area contributed by atoms with Crippen LogP contribution < -0.4 is 0 Å². The Hall–Kier alpha value is -2.10. The molecule has 26 heavy (non-hydrogen) atoms. The first kappa shape index (κ1) is 18.7. The molecule has 1 aromatic carbocycles. The van der Waals surface area contributed by atoms with E-state index in [1.54, 1.807) is 17.0 Å². The lowest BCUT2D eigenvalue weighted by molar-refractivity contribution is 0.0702. The maximum Gasteiger partial charge on any atom is 0.264 e. The zero-order valence-corrected chi connectivity index (χ0v) is 15.6. The highest BCUT2D eigenvalue weighted by Gasteiger charge is 2.32. The lowest BCUT2D eigenvalue weighted by Gasteiger charge is -2.33. The van der Waals surface area contributed by atoms with Crippen LogP contribution in [0.2, 0.25) is 0 Å². The van der Waals surface area contributed by atoms with Crippen LogP contribution in [0, 0.1) is 5.82 Å². The van der Waals surface area contributed by atoms with Crippen molar-refractivity contribution in [2.24, 2.45) is 0 Å². The van der Waals surface area contributed by atoms with Crippen molar-refractivity contribution in [2.45, 2.75) is 11.8 Å². The van der Waals surface area contributed by atoms with Crippen LogP contribution in [-0.2, 0) is 10.0 Å². The van der Waals surface area contributed by atoms with Crippen molar-refractivity contribution in [3.05, 3.63) is 52.0 Å². The Kier molecular flexibility index (Phi) is 5.22. The molecule has 6 nitrogen and oxygen atoms in total. The highest BCUT2D eigenvalue weighted by Crippen LogP contribution is 2.23. The summed E-state index contributed by atoms with van der Waals surface area (Å²) in [6.45, 7) is 2.03. The Balaban J connectivity index is 1.70. The van der Waals surface area contributed by atoms with Gasteiger partial charge in [0.1, 0.15) is 10.7 Å². The molecule has 138 valence electrons. The summed E-state index contributed by atoms with van der Waals surface area (Å²) in [6, 6.07) is 8.46. The van der Waals surface area contributed by atoms with Crippen LogP contribution in [0.5, 0.6) is 0 Å². The fraction of sp³-hybridized carbons (Fsp3) is 0.294. The number of halogens is 1. The first-order chi connectivity index (χ1) is 12.3. The van der Waals surface area contributed by atoms with E-state index in [1.165, 1.54) is 29.4 Å². The topological polar surface area (TPSA) is 74.8 Å². The molecule has 1 aliphatic rings. The van der Waals surface area contributed by atoms with Gasteiger partial charge >= 0.3 is 0 Å². The van der Waals surface area contributed by atoms with Crippen molar-refractivity contribution < 1.29 is 22.4 Å². The van der Waals surface area contributed by atoms with Crippen molar-refractivity contribution in [3.63, 3.8) is 0 Å². The number of hydrogen-bond acceptors (Lipinski definition) is 5. The smallest absolute Gasteiger partial charge is 0.264 e. The summed E-state index contributed by atoms with van der Waals surface area (Å²) in [7, 11) is -3.94. The van der Waals surface area contributed by atoms with E-state index < -0.39 is 15.8 Å². The number of rotatable bonds is 4. The third-order valence-electron chi connectivity index (χ3n) is 4.14. The summed E-state index contributed by atoms with van der Waals surface area (Å²) in [5.74, 6) is -1.12. The molecule has 1 fully saturated rings. The van der Waals surface area contributed by atoms with E-state index in [-0.39, 0.29) is 42.8 Å². The Morgan fingerprint density at radius 3 is 2.19 bits per heavy atom. The molecular formula is C17H17FN2O4S2. The van der Waals surface area contributed by atoms with Gasteiger partial charge in [-0.25, -0.2) is 12.8 Å². The molecular weight excluding hydrogens is 379 g/mol. The molecule has 0 radical (unpaired) electrons. The Morgan fingerprint density at radius 2 is 1.62 bits per heavy atom. The van der Waals surface area contributed by atoms with Crippen LogP contribution in [0.3, 0.4) is 0 Å². The van der Waals surface area contributed by atoms with Gasteiger partial charge in [-0.2, -0.15) is 4.31 Å². The van der Waals surface area contributed by atoms with E-state index in [2.05, 4.69) is 0 Å². The number of ketones is 1. The predicted octanol–water partition coefficient (Wildman–Crippen LogP) is 2.24. The number of sulfonamides is 1. The number of thiophene rings is 1. The number of Topliss-reactive ketones (excluding diaryl/α,β-unsaturated/α-hetero) is 1. The fourth-order valence-corrected chi connectivity index (χ4v) is 5.08. The van der Waals surface area contributed by atoms with Gasteiger partial charge in [0.25, 0.3) is 5.91 Å². The minimum atomic E-state index is -3.94. The second kappa shape index (κ2) is 7.26. The molecule has 0 aliphatic carbocycles. The molecule has 3 rings (SSSR count). The van der Waals surface area contributed by atoms with Crippen LogP contribution in [0.15, 0.2) is 41.3 Å². The lowest BCUT2D eigenvalue weighted by Crippen LogP contribution is -2.50. The number of nitrogens with zero attached hydrogens (tertiary/aromatic N) is 2. The number of carbonyl (C=O) groups excluding carboxylic acids is 2. The summed E-state index contributed by atoms with van der Waals surface area (Å²) in [6.07, 6.45) is 0. The maximum absolute atomic E-state index is 13.8. The number of hydrogen-bond donors (Lipinski definition) is 0. The standard InChI is InChI=1S/C17H17FN2O4S2/c1-12(21)14-6-7-15(25-14)17(22)19-8-10-20(11-9-19)26(23,24)16-5-3-2-4-13(16)18/h2-7H,8-11H2,1H3. The molecule has 0 N–H and O–H groups in total. The van der Waals surface area contributed by atoms with E-state index >= 15 is 0 Å². The average Bonchev–Trinajstić information content (AvgIpc) is 3.12. The van der Waals surface area contributed by atoms with Crippen LogP contribution in [0.1, 0.15) is 26.3 Å². The molecule has 2 heterocycles. The van der Waals surface area contributed by atoms with Gasteiger partial charge in [-0.05, 0) is 31.2 Å². The predicted molar refractivity (Wildman–Crippen MR) is 95.4 cm³/mol. The molecule has 1 aliphatic heterocycles. The molecule has 1 amide bonds. The van der Waals surface area contributed by atoms with E-state index in [0.29, 0.717) is 9.75 Å². The van der Waals surface area contributed by atoms with Crippen molar-refractivity contribution in [3.8, 4) is 0 Å². The molecule has 1 saturated heterocycles. The Labute approximate surface area is 154 Å². The van der Waals surface area contributed by atoms with E-state index in [0.717, 1.165) is 17.4 Å². The van der Waals surface area contributed by atoms with Gasteiger partial charge in [-0.15, -0.1) is 11.3 Å². The maximum atomic E-state index is 13.8. The van der Waals surface area contributed by atoms with Gasteiger partial charge in [-0.1, -0.05) is 12.1 Å². The van der Waals surface area contributed by atoms with Crippen LogP contribution in [0.25, 0.3) is 0 Å². The van der Waals surface area contributed by atoms with Crippen molar-refractivity contribution in [2.75, 3.05) is 26.2 Å². The van der Waals surface area contributed by atoms with E-state index in [4.69, 9.17) is 0 Å². The van der Waals surface area contributed by atoms with E-state index in [9.17, 15) is 22.4 Å². The number of carbonyl (C=O) groups is 2. The number of benzene rings is 1. The molecule has 0 bridgehead atoms. The molecule has 0 spiro atoms. The quantitative estimate of drug-likeness (QED) is 0.743. The summed E-state index contributed by atoms with van der Waals surface area (Å²) in [5, 5.41) is 0. The normalized spacial score (nSPS) is 15.8. The fourth-order valence-electron chi connectivity index (χ4n) is 2.72. The van der Waals surface area contributed by atoms with Gasteiger partial charge in [-0.3, -0.25) is 9.59 Å². The Bertz CT molecular complexity index is 947. The van der Waals surface area contributed by atoms with Gasteiger partial charge in [0, 0.05) is 26.2 Å². The zero-order valence-electron chi connectivity index (χ0n) is 14.0.